The molecule has 1 saturated heterocycles. The number of hydrogen-bond acceptors (Lipinski definition) is 8. The molecule has 0 spiro atoms. The number of imide groups is 1. The van der Waals surface area contributed by atoms with Crippen molar-refractivity contribution in [2.45, 2.75) is 28.9 Å². The SMILES string of the molecule is COc1ccc([C@@H]2c3sc(=O)n(CC(=O)Nc4cccc(C(F)(F)F)c4)c3S[C@H]3C(=O)N(c4ccc(Br)cc4)C(=O)[C@@H]23)cc1OC. The standard InChI is InChI=1S/C31H23BrF3N3O6S2/c1-43-20-11-6-15(12-21(20)44-2)23-24-25(28(41)38(27(24)40)19-9-7-17(32)8-10-19)45-29-26(23)46-30(42)37(29)14-22(39)36-18-5-3-4-16(13-18)31(33,34)35/h3-13,23-25H,14H2,1-2H3,(H,36,39)/t23-,24-,25+/m0/s1. The fraction of sp³-hybridized carbons (Fsp3) is 0.226. The largest absolute Gasteiger partial charge is 0.493 e. The summed E-state index contributed by atoms with van der Waals surface area (Å²) in [6.45, 7) is -0.525. The van der Waals surface area contributed by atoms with Gasteiger partial charge in [-0.25, -0.2) is 4.90 Å². The lowest BCUT2D eigenvalue weighted by Crippen LogP contribution is -2.33. The number of hydrogen-bond donors (Lipinski definition) is 1. The fourth-order valence-corrected chi connectivity index (χ4v) is 8.66. The van der Waals surface area contributed by atoms with Crippen LogP contribution in [0.4, 0.5) is 24.5 Å². The van der Waals surface area contributed by atoms with E-state index in [1.54, 1.807) is 42.5 Å². The van der Waals surface area contributed by atoms with Crippen molar-refractivity contribution < 1.29 is 37.0 Å². The molecular weight excluding hydrogens is 711 g/mol. The van der Waals surface area contributed by atoms with Crippen molar-refractivity contribution in [2.75, 3.05) is 24.4 Å². The highest BCUT2D eigenvalue weighted by atomic mass is 79.9. The van der Waals surface area contributed by atoms with E-state index in [0.717, 1.165) is 44.6 Å². The molecule has 0 radical (unpaired) electrons. The first-order chi connectivity index (χ1) is 21.9. The third kappa shape index (κ3) is 5.71. The number of amides is 3. The van der Waals surface area contributed by atoms with Crippen molar-refractivity contribution in [3.63, 3.8) is 0 Å². The molecule has 46 heavy (non-hydrogen) atoms. The number of anilines is 2. The lowest BCUT2D eigenvalue weighted by Gasteiger charge is -2.31. The van der Waals surface area contributed by atoms with E-state index in [4.69, 9.17) is 9.47 Å². The Hall–Kier alpha value is -4.08. The Morgan fingerprint density at radius 2 is 1.67 bits per heavy atom. The molecule has 0 saturated carbocycles. The molecule has 3 atom stereocenters. The number of rotatable bonds is 7. The van der Waals surface area contributed by atoms with Gasteiger partial charge in [0, 0.05) is 21.0 Å². The molecule has 238 valence electrons. The van der Waals surface area contributed by atoms with E-state index in [-0.39, 0.29) is 5.69 Å². The monoisotopic (exact) mass is 733 g/mol. The Bertz CT molecular complexity index is 1930. The van der Waals surface area contributed by atoms with Crippen LogP contribution in [0.25, 0.3) is 0 Å². The summed E-state index contributed by atoms with van der Waals surface area (Å²) < 4.78 is 52.5. The molecule has 0 aliphatic carbocycles. The molecule has 3 amide bonds. The highest BCUT2D eigenvalue weighted by Gasteiger charge is 2.57. The minimum atomic E-state index is -4.61. The molecule has 3 heterocycles. The van der Waals surface area contributed by atoms with Crippen LogP contribution in [0.3, 0.4) is 0 Å². The van der Waals surface area contributed by atoms with E-state index in [1.807, 2.05) is 0 Å². The number of benzene rings is 3. The van der Waals surface area contributed by atoms with Crippen molar-refractivity contribution in [3.8, 4) is 11.5 Å². The van der Waals surface area contributed by atoms with Crippen LogP contribution in [-0.2, 0) is 27.1 Å². The number of halogens is 4. The topological polar surface area (TPSA) is 107 Å². The zero-order valence-electron chi connectivity index (χ0n) is 24.0. The van der Waals surface area contributed by atoms with Gasteiger partial charge in [0.25, 0.3) is 0 Å². The van der Waals surface area contributed by atoms with E-state index < -0.39 is 58.0 Å². The maximum Gasteiger partial charge on any atom is 0.416 e. The van der Waals surface area contributed by atoms with E-state index in [0.29, 0.717) is 32.7 Å². The zero-order valence-corrected chi connectivity index (χ0v) is 27.2. The number of alkyl halides is 3. The Kier molecular flexibility index (Phi) is 8.50. The molecule has 1 fully saturated rings. The maximum atomic E-state index is 14.1. The summed E-state index contributed by atoms with van der Waals surface area (Å²) in [6.07, 6.45) is -4.61. The van der Waals surface area contributed by atoms with Crippen molar-refractivity contribution in [3.05, 3.63) is 96.9 Å². The van der Waals surface area contributed by atoms with E-state index in [9.17, 15) is 32.3 Å². The summed E-state index contributed by atoms with van der Waals surface area (Å²) in [7, 11) is 2.94. The predicted octanol–water partition coefficient (Wildman–Crippen LogP) is 6.14. The second-order valence-electron chi connectivity index (χ2n) is 10.4. The van der Waals surface area contributed by atoms with Crippen molar-refractivity contribution in [1.82, 2.24) is 4.57 Å². The van der Waals surface area contributed by atoms with Crippen LogP contribution in [0, 0.1) is 5.92 Å². The number of aromatic nitrogens is 1. The molecular formula is C31H23BrF3N3O6S2. The number of carbonyl (C=O) groups is 3. The quantitative estimate of drug-likeness (QED) is 0.228. The van der Waals surface area contributed by atoms with Gasteiger partial charge in [-0.05, 0) is 60.2 Å². The maximum absolute atomic E-state index is 14.1. The molecule has 2 aliphatic heterocycles. The minimum Gasteiger partial charge on any atom is -0.493 e. The number of methoxy groups -OCH3 is 2. The van der Waals surface area contributed by atoms with Gasteiger partial charge in [-0.1, -0.05) is 51.2 Å². The van der Waals surface area contributed by atoms with Gasteiger partial charge >= 0.3 is 11.0 Å². The number of thioether (sulfide) groups is 1. The second kappa shape index (κ2) is 12.3. The summed E-state index contributed by atoms with van der Waals surface area (Å²) in [6, 6.07) is 16.0. The Morgan fingerprint density at radius 3 is 2.35 bits per heavy atom. The van der Waals surface area contributed by atoms with Crippen LogP contribution in [0.15, 0.2) is 81.0 Å². The summed E-state index contributed by atoms with van der Waals surface area (Å²) in [4.78, 5) is 55.6. The normalized spacial score (nSPS) is 19.1. The van der Waals surface area contributed by atoms with E-state index in [2.05, 4.69) is 21.2 Å². The van der Waals surface area contributed by atoms with Gasteiger partial charge in [0.1, 0.15) is 11.8 Å². The fourth-order valence-electron chi connectivity index (χ4n) is 5.62. The van der Waals surface area contributed by atoms with Gasteiger partial charge in [-0.3, -0.25) is 23.7 Å². The Labute approximate surface area is 276 Å². The first kappa shape index (κ1) is 31.9. The van der Waals surface area contributed by atoms with Gasteiger partial charge in [0.15, 0.2) is 11.5 Å². The summed E-state index contributed by atoms with van der Waals surface area (Å²) >= 11 is 5.24. The van der Waals surface area contributed by atoms with Gasteiger partial charge in [0.2, 0.25) is 17.7 Å². The van der Waals surface area contributed by atoms with Crippen molar-refractivity contribution in [2.24, 2.45) is 5.92 Å². The Balaban J connectivity index is 1.41. The van der Waals surface area contributed by atoms with Gasteiger partial charge in [-0.2, -0.15) is 13.2 Å². The molecule has 1 N–H and O–H groups in total. The van der Waals surface area contributed by atoms with Crippen LogP contribution in [0.2, 0.25) is 0 Å². The van der Waals surface area contributed by atoms with E-state index >= 15 is 0 Å². The van der Waals surface area contributed by atoms with Crippen LogP contribution in [0.1, 0.15) is 21.9 Å². The molecule has 6 rings (SSSR count). The minimum absolute atomic E-state index is 0.0883. The number of thiazole rings is 1. The summed E-state index contributed by atoms with van der Waals surface area (Å²) in [5.74, 6) is -2.49. The Morgan fingerprint density at radius 1 is 0.957 bits per heavy atom. The summed E-state index contributed by atoms with van der Waals surface area (Å²) in [5.41, 5.74) is -0.0422. The van der Waals surface area contributed by atoms with Crippen LogP contribution < -0.4 is 24.6 Å². The molecule has 0 unspecified atom stereocenters. The first-order valence-electron chi connectivity index (χ1n) is 13.6. The van der Waals surface area contributed by atoms with Crippen molar-refractivity contribution >= 4 is 68.1 Å². The summed E-state index contributed by atoms with van der Waals surface area (Å²) in [5, 5.41) is 1.82. The first-order valence-corrected chi connectivity index (χ1v) is 16.1. The number of nitrogens with zero attached hydrogens (tertiary/aromatic N) is 2. The molecule has 3 aromatic carbocycles. The second-order valence-corrected chi connectivity index (χ2v) is 13.4. The number of nitrogens with one attached hydrogen (secondary N) is 1. The highest BCUT2D eigenvalue weighted by molar-refractivity contribution is 9.10. The number of carbonyl (C=O) groups excluding carboxylic acids is 3. The van der Waals surface area contributed by atoms with Crippen LogP contribution in [-0.4, -0.2) is 41.8 Å². The van der Waals surface area contributed by atoms with Crippen LogP contribution in [0.5, 0.6) is 11.5 Å². The third-order valence-corrected chi connectivity index (χ3v) is 10.8. The van der Waals surface area contributed by atoms with Gasteiger partial charge < -0.3 is 14.8 Å². The van der Waals surface area contributed by atoms with Crippen LogP contribution >= 0.6 is 39.0 Å². The average molecular weight is 735 g/mol. The molecule has 15 heteroatoms. The molecule has 4 aromatic rings. The lowest BCUT2D eigenvalue weighted by molar-refractivity contribution is -0.137. The molecule has 9 nitrogen and oxygen atoms in total. The average Bonchev–Trinajstić information content (AvgIpc) is 3.47. The molecule has 0 bridgehead atoms. The van der Waals surface area contributed by atoms with Crippen molar-refractivity contribution in [1.29, 1.82) is 0 Å². The molecule has 1 aromatic heterocycles. The van der Waals surface area contributed by atoms with E-state index in [1.165, 1.54) is 30.9 Å². The number of ether oxygens (including phenoxy) is 2. The highest BCUT2D eigenvalue weighted by Crippen LogP contribution is 2.54. The molecule has 2 aliphatic rings. The third-order valence-electron chi connectivity index (χ3n) is 7.68. The van der Waals surface area contributed by atoms with Gasteiger partial charge in [0.05, 0.1) is 36.4 Å². The van der Waals surface area contributed by atoms with Gasteiger partial charge in [-0.15, -0.1) is 0 Å². The predicted molar refractivity (Wildman–Crippen MR) is 170 cm³/mol. The zero-order chi connectivity index (χ0) is 32.9. The lowest BCUT2D eigenvalue weighted by atomic mass is 9.83. The number of fused-ring (bicyclic) bond motifs is 2. The smallest absolute Gasteiger partial charge is 0.416 e.